The van der Waals surface area contributed by atoms with Crippen LogP contribution in [0.2, 0.25) is 0 Å². The van der Waals surface area contributed by atoms with E-state index in [0.29, 0.717) is 6.04 Å². The monoisotopic (exact) mass is 153 g/mol. The van der Waals surface area contributed by atoms with Gasteiger partial charge in [-0.05, 0) is 26.0 Å². The zero-order valence-corrected chi connectivity index (χ0v) is 7.13. The molecule has 1 unspecified atom stereocenters. The van der Waals surface area contributed by atoms with Crippen molar-refractivity contribution < 1.29 is 4.42 Å². The Morgan fingerprint density at radius 1 is 1.64 bits per heavy atom. The van der Waals surface area contributed by atoms with E-state index in [1.165, 1.54) is 12.0 Å². The van der Waals surface area contributed by atoms with Crippen LogP contribution in [-0.2, 0) is 0 Å². The molecule has 1 rings (SSSR count). The van der Waals surface area contributed by atoms with Crippen molar-refractivity contribution in [3.05, 3.63) is 24.2 Å². The molecule has 0 aliphatic heterocycles. The van der Waals surface area contributed by atoms with E-state index in [4.69, 9.17) is 4.42 Å². The minimum atomic E-state index is 0.411. The SMILES string of the molecule is CCCNC(C)c1ccoc1. The average Bonchev–Trinajstić information content (AvgIpc) is 2.52. The Balaban J connectivity index is 2.36. The fraction of sp³-hybridized carbons (Fsp3) is 0.556. The van der Waals surface area contributed by atoms with Crippen LogP contribution in [0.4, 0.5) is 0 Å². The van der Waals surface area contributed by atoms with Gasteiger partial charge in [-0.25, -0.2) is 0 Å². The first-order valence-electron chi connectivity index (χ1n) is 4.10. The second-order valence-electron chi connectivity index (χ2n) is 2.73. The van der Waals surface area contributed by atoms with Crippen LogP contribution >= 0.6 is 0 Å². The van der Waals surface area contributed by atoms with Gasteiger partial charge in [0, 0.05) is 11.6 Å². The number of hydrogen-bond acceptors (Lipinski definition) is 2. The van der Waals surface area contributed by atoms with Gasteiger partial charge in [-0.15, -0.1) is 0 Å². The second kappa shape index (κ2) is 4.19. The molecule has 2 nitrogen and oxygen atoms in total. The Morgan fingerprint density at radius 2 is 2.45 bits per heavy atom. The van der Waals surface area contributed by atoms with E-state index in [1.54, 1.807) is 12.5 Å². The van der Waals surface area contributed by atoms with Crippen LogP contribution in [0, 0.1) is 0 Å². The fourth-order valence-electron chi connectivity index (χ4n) is 1.00. The van der Waals surface area contributed by atoms with Crippen molar-refractivity contribution >= 4 is 0 Å². The van der Waals surface area contributed by atoms with Crippen LogP contribution in [0.5, 0.6) is 0 Å². The van der Waals surface area contributed by atoms with Gasteiger partial charge in [0.05, 0.1) is 12.5 Å². The summed E-state index contributed by atoms with van der Waals surface area (Å²) in [6, 6.07) is 2.40. The minimum absolute atomic E-state index is 0.411. The Morgan fingerprint density at radius 3 is 3.00 bits per heavy atom. The van der Waals surface area contributed by atoms with Gasteiger partial charge in [0.1, 0.15) is 0 Å². The van der Waals surface area contributed by atoms with E-state index >= 15 is 0 Å². The van der Waals surface area contributed by atoms with Gasteiger partial charge < -0.3 is 9.73 Å². The Labute approximate surface area is 67.6 Å². The lowest BCUT2D eigenvalue weighted by atomic mass is 10.2. The summed E-state index contributed by atoms with van der Waals surface area (Å²) >= 11 is 0. The number of rotatable bonds is 4. The van der Waals surface area contributed by atoms with Gasteiger partial charge in [-0.2, -0.15) is 0 Å². The van der Waals surface area contributed by atoms with Crippen LogP contribution in [-0.4, -0.2) is 6.54 Å². The Kier molecular flexibility index (Phi) is 3.17. The predicted octanol–water partition coefficient (Wildman–Crippen LogP) is 2.34. The molecule has 1 aromatic rings. The first-order chi connectivity index (χ1) is 5.34. The van der Waals surface area contributed by atoms with Crippen LogP contribution in [0.15, 0.2) is 23.0 Å². The van der Waals surface area contributed by atoms with Gasteiger partial charge in [-0.3, -0.25) is 0 Å². The molecular formula is C9H15NO. The maximum atomic E-state index is 4.98. The molecule has 0 saturated heterocycles. The number of nitrogens with one attached hydrogen (secondary N) is 1. The summed E-state index contributed by atoms with van der Waals surface area (Å²) in [4.78, 5) is 0. The van der Waals surface area contributed by atoms with Crippen molar-refractivity contribution in [1.82, 2.24) is 5.32 Å². The molecule has 0 radical (unpaired) electrons. The standard InChI is InChI=1S/C9H15NO/c1-3-5-10-8(2)9-4-6-11-7-9/h4,6-8,10H,3,5H2,1-2H3. The molecular weight excluding hydrogens is 138 g/mol. The van der Waals surface area contributed by atoms with Gasteiger partial charge in [0.25, 0.3) is 0 Å². The summed E-state index contributed by atoms with van der Waals surface area (Å²) in [5, 5.41) is 3.37. The van der Waals surface area contributed by atoms with E-state index in [1.807, 2.05) is 6.07 Å². The molecule has 1 aromatic heterocycles. The summed E-state index contributed by atoms with van der Waals surface area (Å²) in [5.74, 6) is 0. The zero-order chi connectivity index (χ0) is 8.10. The lowest BCUT2D eigenvalue weighted by Crippen LogP contribution is -2.18. The molecule has 0 amide bonds. The summed E-state index contributed by atoms with van der Waals surface area (Å²) in [5.41, 5.74) is 1.22. The van der Waals surface area contributed by atoms with Crippen LogP contribution in [0.1, 0.15) is 31.9 Å². The van der Waals surface area contributed by atoms with E-state index in [0.717, 1.165) is 6.54 Å². The van der Waals surface area contributed by atoms with Gasteiger partial charge in [-0.1, -0.05) is 6.92 Å². The third kappa shape index (κ3) is 2.39. The summed E-state index contributed by atoms with van der Waals surface area (Å²) in [6.07, 6.45) is 4.66. The summed E-state index contributed by atoms with van der Waals surface area (Å²) in [7, 11) is 0. The van der Waals surface area contributed by atoms with Crippen molar-refractivity contribution in [2.45, 2.75) is 26.3 Å². The molecule has 0 fully saturated rings. The van der Waals surface area contributed by atoms with E-state index in [2.05, 4.69) is 19.2 Å². The van der Waals surface area contributed by atoms with Crippen molar-refractivity contribution in [2.24, 2.45) is 0 Å². The lowest BCUT2D eigenvalue weighted by Gasteiger charge is -2.09. The number of furan rings is 1. The predicted molar refractivity (Wildman–Crippen MR) is 45.4 cm³/mol. The molecule has 1 heterocycles. The molecule has 0 aromatic carbocycles. The molecule has 2 heteroatoms. The first kappa shape index (κ1) is 8.34. The first-order valence-corrected chi connectivity index (χ1v) is 4.10. The minimum Gasteiger partial charge on any atom is -0.472 e. The molecule has 1 atom stereocenters. The molecule has 0 aliphatic rings. The van der Waals surface area contributed by atoms with E-state index in [-0.39, 0.29) is 0 Å². The quantitative estimate of drug-likeness (QED) is 0.718. The Bertz CT molecular complexity index is 181. The smallest absolute Gasteiger partial charge is 0.0950 e. The number of hydrogen-bond donors (Lipinski definition) is 1. The molecule has 62 valence electrons. The molecule has 0 saturated carbocycles. The average molecular weight is 153 g/mol. The van der Waals surface area contributed by atoms with E-state index in [9.17, 15) is 0 Å². The van der Waals surface area contributed by atoms with Crippen molar-refractivity contribution in [1.29, 1.82) is 0 Å². The van der Waals surface area contributed by atoms with Crippen molar-refractivity contribution in [2.75, 3.05) is 6.54 Å². The zero-order valence-electron chi connectivity index (χ0n) is 7.13. The summed E-state index contributed by atoms with van der Waals surface area (Å²) in [6.45, 7) is 5.36. The van der Waals surface area contributed by atoms with Crippen molar-refractivity contribution in [3.63, 3.8) is 0 Å². The van der Waals surface area contributed by atoms with Gasteiger partial charge in [0.15, 0.2) is 0 Å². The molecule has 1 N–H and O–H groups in total. The third-order valence-electron chi connectivity index (χ3n) is 1.74. The maximum Gasteiger partial charge on any atom is 0.0950 e. The Hall–Kier alpha value is -0.760. The molecule has 0 bridgehead atoms. The van der Waals surface area contributed by atoms with Crippen molar-refractivity contribution in [3.8, 4) is 0 Å². The highest BCUT2D eigenvalue weighted by Crippen LogP contribution is 2.11. The van der Waals surface area contributed by atoms with Crippen LogP contribution in [0.3, 0.4) is 0 Å². The highest BCUT2D eigenvalue weighted by Gasteiger charge is 2.03. The molecule has 11 heavy (non-hydrogen) atoms. The molecule has 0 spiro atoms. The largest absolute Gasteiger partial charge is 0.472 e. The van der Waals surface area contributed by atoms with Crippen LogP contribution < -0.4 is 5.32 Å². The molecule has 0 aliphatic carbocycles. The van der Waals surface area contributed by atoms with E-state index < -0.39 is 0 Å². The lowest BCUT2D eigenvalue weighted by molar-refractivity contribution is 0.537. The van der Waals surface area contributed by atoms with Gasteiger partial charge >= 0.3 is 0 Å². The third-order valence-corrected chi connectivity index (χ3v) is 1.74. The fourth-order valence-corrected chi connectivity index (χ4v) is 1.00. The topological polar surface area (TPSA) is 25.2 Å². The summed E-state index contributed by atoms with van der Waals surface area (Å²) < 4.78 is 4.98. The van der Waals surface area contributed by atoms with Gasteiger partial charge in [0.2, 0.25) is 0 Å². The highest BCUT2D eigenvalue weighted by atomic mass is 16.3. The second-order valence-corrected chi connectivity index (χ2v) is 2.73. The normalized spacial score (nSPS) is 13.3. The van der Waals surface area contributed by atoms with Crippen LogP contribution in [0.25, 0.3) is 0 Å². The highest BCUT2D eigenvalue weighted by molar-refractivity contribution is 5.09. The maximum absolute atomic E-state index is 4.98.